The second kappa shape index (κ2) is 6.00. The lowest BCUT2D eigenvalue weighted by atomic mass is 9.98. The molecule has 26 heavy (non-hydrogen) atoms. The van der Waals surface area contributed by atoms with E-state index >= 15 is 0 Å². The average Bonchev–Trinajstić information content (AvgIpc) is 3.02. The summed E-state index contributed by atoms with van der Waals surface area (Å²) < 4.78 is 29.7. The first-order chi connectivity index (χ1) is 12.1. The second-order valence-corrected chi connectivity index (χ2v) is 7.95. The van der Waals surface area contributed by atoms with Gasteiger partial charge in [0.25, 0.3) is 5.91 Å². The maximum atomic E-state index is 12.9. The molecule has 7 heteroatoms. The van der Waals surface area contributed by atoms with Crippen molar-refractivity contribution in [1.29, 1.82) is 0 Å². The maximum Gasteiger partial charge on any atom is 0.256 e. The van der Waals surface area contributed by atoms with Crippen molar-refractivity contribution in [3.63, 3.8) is 0 Å². The lowest BCUT2D eigenvalue weighted by Crippen LogP contribution is -2.58. The molecule has 142 valence electrons. The minimum absolute atomic E-state index is 0.295. The topological polar surface area (TPSA) is 75.3 Å². The van der Waals surface area contributed by atoms with Gasteiger partial charge in [-0.25, -0.2) is 0 Å². The Morgan fingerprint density at radius 2 is 1.46 bits per heavy atom. The van der Waals surface area contributed by atoms with E-state index in [0.717, 1.165) is 5.56 Å². The Balaban J connectivity index is 1.57. The molecule has 0 radical (unpaired) electrons. The molecule has 0 saturated carbocycles. The van der Waals surface area contributed by atoms with Crippen LogP contribution < -0.4 is 5.32 Å². The molecule has 0 aromatic heterocycles. The number of benzene rings is 1. The fourth-order valence-corrected chi connectivity index (χ4v) is 3.67. The summed E-state index contributed by atoms with van der Waals surface area (Å²) in [5, 5.41) is 2.88. The quantitative estimate of drug-likeness (QED) is 0.869. The summed E-state index contributed by atoms with van der Waals surface area (Å²) in [4.78, 5) is 12.9. The summed E-state index contributed by atoms with van der Waals surface area (Å²) in [5.74, 6) is -1.93. The molecule has 3 saturated heterocycles. The first kappa shape index (κ1) is 17.9. The normalized spacial score (nSPS) is 37.0. The fraction of sp³-hybridized carbons (Fsp3) is 0.632. The predicted octanol–water partition coefficient (Wildman–Crippen LogP) is 2.33. The van der Waals surface area contributed by atoms with Crippen LogP contribution in [0.25, 0.3) is 0 Å². The number of anilines is 1. The van der Waals surface area contributed by atoms with Gasteiger partial charge in [0.05, 0.1) is 0 Å². The van der Waals surface area contributed by atoms with E-state index in [9.17, 15) is 4.79 Å². The highest BCUT2D eigenvalue weighted by molar-refractivity contribution is 5.94. The van der Waals surface area contributed by atoms with Crippen LogP contribution >= 0.6 is 0 Å². The summed E-state index contributed by atoms with van der Waals surface area (Å²) in [6.07, 6.45) is -3.01. The Labute approximate surface area is 152 Å². The molecule has 1 amide bonds. The first-order valence-corrected chi connectivity index (χ1v) is 8.88. The van der Waals surface area contributed by atoms with E-state index in [4.69, 9.17) is 23.7 Å². The molecule has 1 N–H and O–H groups in total. The number of carbonyl (C=O) groups is 1. The van der Waals surface area contributed by atoms with Crippen LogP contribution in [-0.2, 0) is 28.5 Å². The van der Waals surface area contributed by atoms with Crippen molar-refractivity contribution in [2.45, 2.75) is 76.9 Å². The number of rotatable bonds is 2. The number of ether oxygens (including phenoxy) is 5. The zero-order valence-corrected chi connectivity index (χ0v) is 15.6. The average molecular weight is 363 g/mol. The number of hydrogen-bond acceptors (Lipinski definition) is 6. The minimum Gasteiger partial charge on any atom is -0.342 e. The number of amides is 1. The molecular weight excluding hydrogens is 338 g/mol. The predicted molar refractivity (Wildman–Crippen MR) is 92.3 cm³/mol. The third-order valence-corrected chi connectivity index (χ3v) is 4.73. The largest absolute Gasteiger partial charge is 0.342 e. The highest BCUT2D eigenvalue weighted by Crippen LogP contribution is 2.44. The first-order valence-electron chi connectivity index (χ1n) is 8.88. The van der Waals surface area contributed by atoms with Gasteiger partial charge < -0.3 is 29.0 Å². The van der Waals surface area contributed by atoms with Gasteiger partial charge in [-0.15, -0.1) is 0 Å². The highest BCUT2D eigenvalue weighted by Gasteiger charge is 2.62. The molecule has 0 spiro atoms. The van der Waals surface area contributed by atoms with Gasteiger partial charge in [0.15, 0.2) is 24.0 Å². The van der Waals surface area contributed by atoms with Crippen LogP contribution in [0.2, 0.25) is 0 Å². The van der Waals surface area contributed by atoms with E-state index in [1.807, 2.05) is 58.9 Å². The molecule has 3 aliphatic rings. The Kier molecular flexibility index (Phi) is 4.13. The van der Waals surface area contributed by atoms with E-state index in [1.54, 1.807) is 0 Å². The Bertz CT molecular complexity index is 700. The van der Waals surface area contributed by atoms with Crippen molar-refractivity contribution in [3.8, 4) is 0 Å². The molecule has 0 aliphatic carbocycles. The maximum absolute atomic E-state index is 12.9. The van der Waals surface area contributed by atoms with Gasteiger partial charge in [-0.1, -0.05) is 17.7 Å². The molecule has 7 nitrogen and oxygen atoms in total. The number of fused-ring (bicyclic) bond motifs is 3. The van der Waals surface area contributed by atoms with Crippen molar-refractivity contribution in [2.75, 3.05) is 5.32 Å². The molecule has 5 atom stereocenters. The van der Waals surface area contributed by atoms with Gasteiger partial charge >= 0.3 is 0 Å². The van der Waals surface area contributed by atoms with E-state index in [1.165, 1.54) is 0 Å². The molecule has 0 unspecified atom stereocenters. The van der Waals surface area contributed by atoms with Crippen LogP contribution in [0.1, 0.15) is 33.3 Å². The van der Waals surface area contributed by atoms with E-state index in [-0.39, 0.29) is 5.91 Å². The van der Waals surface area contributed by atoms with Crippen molar-refractivity contribution >= 4 is 11.6 Å². The van der Waals surface area contributed by atoms with Gasteiger partial charge in [-0.2, -0.15) is 0 Å². The number of nitrogens with one attached hydrogen (secondary N) is 1. The van der Waals surface area contributed by atoms with Gasteiger partial charge in [-0.3, -0.25) is 4.79 Å². The van der Waals surface area contributed by atoms with Crippen LogP contribution in [0.15, 0.2) is 24.3 Å². The van der Waals surface area contributed by atoms with Crippen LogP contribution in [0.3, 0.4) is 0 Å². The molecule has 0 bridgehead atoms. The van der Waals surface area contributed by atoms with Crippen LogP contribution in [0.4, 0.5) is 5.69 Å². The molecule has 1 aromatic rings. The van der Waals surface area contributed by atoms with Crippen molar-refractivity contribution < 1.29 is 28.5 Å². The van der Waals surface area contributed by atoms with Crippen molar-refractivity contribution in [2.24, 2.45) is 0 Å². The second-order valence-electron chi connectivity index (χ2n) is 7.95. The molecule has 4 rings (SSSR count). The smallest absolute Gasteiger partial charge is 0.256 e. The molecule has 3 heterocycles. The Morgan fingerprint density at radius 3 is 2.15 bits per heavy atom. The van der Waals surface area contributed by atoms with E-state index < -0.39 is 42.3 Å². The number of carbonyl (C=O) groups excluding carboxylic acids is 1. The minimum atomic E-state index is -0.859. The van der Waals surface area contributed by atoms with Gasteiger partial charge in [0.2, 0.25) is 0 Å². The van der Waals surface area contributed by atoms with E-state index in [0.29, 0.717) is 5.69 Å². The third kappa shape index (κ3) is 3.25. The highest BCUT2D eigenvalue weighted by atomic mass is 16.9. The summed E-state index contributed by atoms with van der Waals surface area (Å²) in [5.41, 5.74) is 1.82. The Morgan fingerprint density at radius 1 is 0.885 bits per heavy atom. The third-order valence-electron chi connectivity index (χ3n) is 4.73. The van der Waals surface area contributed by atoms with Gasteiger partial charge in [-0.05, 0) is 46.8 Å². The van der Waals surface area contributed by atoms with Crippen molar-refractivity contribution in [3.05, 3.63) is 29.8 Å². The lowest BCUT2D eigenvalue weighted by molar-refractivity contribution is -0.229. The Hall–Kier alpha value is -1.51. The molecular formula is C19H25NO6. The van der Waals surface area contributed by atoms with Gasteiger partial charge in [0, 0.05) is 5.69 Å². The number of aryl methyl sites for hydroxylation is 1. The summed E-state index contributed by atoms with van der Waals surface area (Å²) in [6, 6.07) is 7.57. The van der Waals surface area contributed by atoms with Crippen LogP contribution in [0, 0.1) is 6.92 Å². The molecule has 3 aliphatic heterocycles. The van der Waals surface area contributed by atoms with Gasteiger partial charge in [0.1, 0.15) is 18.3 Å². The SMILES string of the molecule is Cc1ccc(NC(=O)[C@H]2O[C@H]3OC(C)(C)O[C@@H]3[C@H]3OC(C)(C)O[C@H]32)cc1. The summed E-state index contributed by atoms with van der Waals surface area (Å²) >= 11 is 0. The van der Waals surface area contributed by atoms with E-state index in [2.05, 4.69) is 5.32 Å². The lowest BCUT2D eigenvalue weighted by Gasteiger charge is -2.36. The van der Waals surface area contributed by atoms with Crippen molar-refractivity contribution in [1.82, 2.24) is 0 Å². The summed E-state index contributed by atoms with van der Waals surface area (Å²) in [7, 11) is 0. The zero-order valence-electron chi connectivity index (χ0n) is 15.6. The summed E-state index contributed by atoms with van der Waals surface area (Å²) in [6.45, 7) is 9.25. The monoisotopic (exact) mass is 363 g/mol. The van der Waals surface area contributed by atoms with Crippen LogP contribution in [0.5, 0.6) is 0 Å². The fourth-order valence-electron chi connectivity index (χ4n) is 3.67. The molecule has 3 fully saturated rings. The number of hydrogen-bond donors (Lipinski definition) is 1. The standard InChI is InChI=1S/C19H25NO6/c1-10-6-8-11(9-7-10)20-16(21)14-12-13(24-18(2,3)23-12)15-17(22-14)26-19(4,5)25-15/h6-9,12-15,17H,1-5H3,(H,20,21)/t12-,13+,14+,15-,17+/m1/s1. The zero-order chi connectivity index (χ0) is 18.7. The molecule has 1 aromatic carbocycles. The van der Waals surface area contributed by atoms with Crippen LogP contribution in [-0.4, -0.2) is 48.2 Å².